The lowest BCUT2D eigenvalue weighted by molar-refractivity contribution is -0.120. The van der Waals surface area contributed by atoms with Crippen LogP contribution in [-0.2, 0) is 4.79 Å². The standard InChI is InChI=1S/C18H29N3O/c1-3-11-20-18(22)8-12-19-16-4-6-17(7-5-16)21-13-9-15(2)10-14-21/h4-7,15,19H,3,8-14H2,1-2H3,(H,20,22). The zero-order valence-electron chi connectivity index (χ0n) is 13.9. The van der Waals surface area contributed by atoms with Crippen LogP contribution in [0.25, 0.3) is 0 Å². The Hall–Kier alpha value is -1.71. The van der Waals surface area contributed by atoms with Crippen molar-refractivity contribution in [1.82, 2.24) is 5.32 Å². The van der Waals surface area contributed by atoms with E-state index in [9.17, 15) is 4.79 Å². The Morgan fingerprint density at radius 3 is 2.50 bits per heavy atom. The maximum Gasteiger partial charge on any atom is 0.221 e. The highest BCUT2D eigenvalue weighted by molar-refractivity contribution is 5.76. The summed E-state index contributed by atoms with van der Waals surface area (Å²) in [5.74, 6) is 0.976. The van der Waals surface area contributed by atoms with Gasteiger partial charge in [-0.1, -0.05) is 13.8 Å². The lowest BCUT2D eigenvalue weighted by Crippen LogP contribution is -2.32. The molecule has 0 atom stereocenters. The van der Waals surface area contributed by atoms with E-state index in [1.165, 1.54) is 18.5 Å². The molecule has 0 radical (unpaired) electrons. The van der Waals surface area contributed by atoms with E-state index in [2.05, 4.69) is 53.6 Å². The molecule has 122 valence electrons. The monoisotopic (exact) mass is 303 g/mol. The number of amides is 1. The maximum atomic E-state index is 11.5. The summed E-state index contributed by atoms with van der Waals surface area (Å²) in [4.78, 5) is 14.0. The van der Waals surface area contributed by atoms with E-state index < -0.39 is 0 Å². The van der Waals surface area contributed by atoms with E-state index in [1.807, 2.05) is 0 Å². The zero-order chi connectivity index (χ0) is 15.8. The summed E-state index contributed by atoms with van der Waals surface area (Å²) in [6.07, 6.45) is 4.07. The summed E-state index contributed by atoms with van der Waals surface area (Å²) < 4.78 is 0. The lowest BCUT2D eigenvalue weighted by Gasteiger charge is -2.32. The van der Waals surface area contributed by atoms with E-state index in [-0.39, 0.29) is 5.91 Å². The molecule has 1 heterocycles. The van der Waals surface area contributed by atoms with Crippen LogP contribution in [0.2, 0.25) is 0 Å². The van der Waals surface area contributed by atoms with Gasteiger partial charge in [-0.25, -0.2) is 0 Å². The molecule has 2 rings (SSSR count). The minimum atomic E-state index is 0.119. The number of benzene rings is 1. The first-order chi connectivity index (χ1) is 10.7. The predicted molar refractivity (Wildman–Crippen MR) is 93.5 cm³/mol. The molecule has 2 N–H and O–H groups in total. The van der Waals surface area contributed by atoms with E-state index in [0.717, 1.165) is 37.7 Å². The summed E-state index contributed by atoms with van der Waals surface area (Å²) in [6.45, 7) is 8.15. The first-order valence-corrected chi connectivity index (χ1v) is 8.54. The van der Waals surface area contributed by atoms with Crippen LogP contribution >= 0.6 is 0 Å². The molecule has 0 unspecified atom stereocenters. The number of carbonyl (C=O) groups is 1. The molecule has 0 saturated carbocycles. The summed E-state index contributed by atoms with van der Waals surface area (Å²) in [6, 6.07) is 8.57. The molecule has 1 aliphatic heterocycles. The molecule has 0 bridgehead atoms. The zero-order valence-corrected chi connectivity index (χ0v) is 13.9. The number of hydrogen-bond donors (Lipinski definition) is 2. The number of nitrogens with one attached hydrogen (secondary N) is 2. The van der Waals surface area contributed by atoms with Crippen LogP contribution in [0.1, 0.15) is 39.5 Å². The molecule has 0 aliphatic carbocycles. The van der Waals surface area contributed by atoms with E-state index in [1.54, 1.807) is 0 Å². The molecule has 22 heavy (non-hydrogen) atoms. The van der Waals surface area contributed by atoms with Gasteiger partial charge in [-0.15, -0.1) is 0 Å². The third-order valence-electron chi connectivity index (χ3n) is 4.27. The largest absolute Gasteiger partial charge is 0.385 e. The second kappa shape index (κ2) is 8.66. The van der Waals surface area contributed by atoms with Gasteiger partial charge >= 0.3 is 0 Å². The molecule has 1 aromatic carbocycles. The average molecular weight is 303 g/mol. The summed E-state index contributed by atoms with van der Waals surface area (Å²) in [5, 5.41) is 6.20. The number of anilines is 2. The Balaban J connectivity index is 1.74. The van der Waals surface area contributed by atoms with Crippen molar-refractivity contribution in [3.63, 3.8) is 0 Å². The van der Waals surface area contributed by atoms with Gasteiger partial charge in [0, 0.05) is 44.0 Å². The van der Waals surface area contributed by atoms with Crippen molar-refractivity contribution in [2.24, 2.45) is 5.92 Å². The number of nitrogens with zero attached hydrogens (tertiary/aromatic N) is 1. The third-order valence-corrected chi connectivity index (χ3v) is 4.27. The van der Waals surface area contributed by atoms with Gasteiger partial charge in [0.15, 0.2) is 0 Å². The van der Waals surface area contributed by atoms with Gasteiger partial charge in [0.25, 0.3) is 0 Å². The van der Waals surface area contributed by atoms with Crippen LogP contribution in [-0.4, -0.2) is 32.1 Å². The van der Waals surface area contributed by atoms with Crippen LogP contribution in [0.15, 0.2) is 24.3 Å². The first-order valence-electron chi connectivity index (χ1n) is 8.54. The highest BCUT2D eigenvalue weighted by atomic mass is 16.1. The van der Waals surface area contributed by atoms with Crippen LogP contribution < -0.4 is 15.5 Å². The molecular formula is C18H29N3O. The van der Waals surface area contributed by atoms with Gasteiger partial charge in [0.2, 0.25) is 5.91 Å². The summed E-state index contributed by atoms with van der Waals surface area (Å²) >= 11 is 0. The quantitative estimate of drug-likeness (QED) is 0.812. The second-order valence-electron chi connectivity index (χ2n) is 6.24. The second-order valence-corrected chi connectivity index (χ2v) is 6.24. The van der Waals surface area contributed by atoms with Crippen molar-refractivity contribution in [2.45, 2.75) is 39.5 Å². The Bertz CT molecular complexity index is 450. The van der Waals surface area contributed by atoms with Gasteiger partial charge in [-0.2, -0.15) is 0 Å². The van der Waals surface area contributed by atoms with Gasteiger partial charge in [-0.05, 0) is 49.4 Å². The van der Waals surface area contributed by atoms with Crippen molar-refractivity contribution in [2.75, 3.05) is 36.4 Å². The molecule has 1 amide bonds. The Morgan fingerprint density at radius 2 is 1.86 bits per heavy atom. The fraction of sp³-hybridized carbons (Fsp3) is 0.611. The first kappa shape index (κ1) is 16.7. The molecule has 4 nitrogen and oxygen atoms in total. The van der Waals surface area contributed by atoms with Crippen molar-refractivity contribution < 1.29 is 4.79 Å². The Morgan fingerprint density at radius 1 is 1.18 bits per heavy atom. The SMILES string of the molecule is CCCNC(=O)CCNc1ccc(N2CCC(C)CC2)cc1. The van der Waals surface area contributed by atoms with E-state index in [4.69, 9.17) is 0 Å². The van der Waals surface area contributed by atoms with E-state index >= 15 is 0 Å². The fourth-order valence-corrected chi connectivity index (χ4v) is 2.73. The summed E-state index contributed by atoms with van der Waals surface area (Å²) in [5.41, 5.74) is 2.38. The van der Waals surface area contributed by atoms with Crippen LogP contribution in [0.5, 0.6) is 0 Å². The molecule has 0 spiro atoms. The van der Waals surface area contributed by atoms with Crippen LogP contribution in [0.3, 0.4) is 0 Å². The number of rotatable bonds is 7. The number of carbonyl (C=O) groups excluding carboxylic acids is 1. The topological polar surface area (TPSA) is 44.4 Å². The molecule has 1 saturated heterocycles. The lowest BCUT2D eigenvalue weighted by atomic mass is 9.99. The number of hydrogen-bond acceptors (Lipinski definition) is 3. The summed E-state index contributed by atoms with van der Waals surface area (Å²) in [7, 11) is 0. The average Bonchev–Trinajstić information content (AvgIpc) is 2.54. The van der Waals surface area contributed by atoms with Gasteiger partial charge < -0.3 is 15.5 Å². The third kappa shape index (κ3) is 5.24. The van der Waals surface area contributed by atoms with Crippen molar-refractivity contribution >= 4 is 17.3 Å². The Labute approximate surface area is 134 Å². The molecule has 0 aromatic heterocycles. The molecule has 4 heteroatoms. The fourth-order valence-electron chi connectivity index (χ4n) is 2.73. The minimum absolute atomic E-state index is 0.119. The van der Waals surface area contributed by atoms with Crippen molar-refractivity contribution in [1.29, 1.82) is 0 Å². The predicted octanol–water partition coefficient (Wildman–Crippen LogP) is 3.25. The van der Waals surface area contributed by atoms with Crippen molar-refractivity contribution in [3.05, 3.63) is 24.3 Å². The normalized spacial score (nSPS) is 15.6. The minimum Gasteiger partial charge on any atom is -0.385 e. The Kier molecular flexibility index (Phi) is 6.56. The smallest absolute Gasteiger partial charge is 0.221 e. The molecule has 1 aliphatic rings. The van der Waals surface area contributed by atoms with Crippen LogP contribution in [0, 0.1) is 5.92 Å². The molecule has 1 aromatic rings. The van der Waals surface area contributed by atoms with Crippen molar-refractivity contribution in [3.8, 4) is 0 Å². The van der Waals surface area contributed by atoms with E-state index in [0.29, 0.717) is 13.0 Å². The molecular weight excluding hydrogens is 274 g/mol. The van der Waals surface area contributed by atoms with Gasteiger partial charge in [-0.3, -0.25) is 4.79 Å². The van der Waals surface area contributed by atoms with Crippen LogP contribution in [0.4, 0.5) is 11.4 Å². The maximum absolute atomic E-state index is 11.5. The highest BCUT2D eigenvalue weighted by Crippen LogP contribution is 2.24. The number of piperidine rings is 1. The molecule has 1 fully saturated rings. The van der Waals surface area contributed by atoms with Gasteiger partial charge in [0.1, 0.15) is 0 Å². The van der Waals surface area contributed by atoms with Gasteiger partial charge in [0.05, 0.1) is 0 Å². The highest BCUT2D eigenvalue weighted by Gasteiger charge is 2.15.